The van der Waals surface area contributed by atoms with E-state index in [1.807, 2.05) is 6.92 Å². The number of ether oxygens (including phenoxy) is 1. The largest absolute Gasteiger partial charge is 0.459 e. The van der Waals surface area contributed by atoms with Gasteiger partial charge in [-0.1, -0.05) is 50.0 Å². The lowest BCUT2D eigenvalue weighted by atomic mass is 9.64. The summed E-state index contributed by atoms with van der Waals surface area (Å²) in [5, 5.41) is 11.2. The van der Waals surface area contributed by atoms with Gasteiger partial charge in [-0.2, -0.15) is 0 Å². The summed E-state index contributed by atoms with van der Waals surface area (Å²) in [6.45, 7) is 6.16. The molecule has 0 radical (unpaired) electrons. The molecule has 1 aromatic rings. The van der Waals surface area contributed by atoms with Gasteiger partial charge in [0, 0.05) is 35.6 Å². The van der Waals surface area contributed by atoms with E-state index in [0.29, 0.717) is 24.0 Å². The van der Waals surface area contributed by atoms with Crippen molar-refractivity contribution in [1.29, 1.82) is 0 Å². The third-order valence-corrected chi connectivity index (χ3v) is 7.26. The van der Waals surface area contributed by atoms with Crippen molar-refractivity contribution in [3.63, 3.8) is 0 Å². The van der Waals surface area contributed by atoms with Crippen molar-refractivity contribution in [2.75, 3.05) is 0 Å². The lowest BCUT2D eigenvalue weighted by Crippen LogP contribution is -2.34. The van der Waals surface area contributed by atoms with E-state index in [-0.39, 0.29) is 29.0 Å². The molecule has 1 saturated carbocycles. The Balaban J connectivity index is 1.74. The Morgan fingerprint density at radius 1 is 1.06 bits per heavy atom. The summed E-state index contributed by atoms with van der Waals surface area (Å²) >= 11 is 0. The minimum atomic E-state index is -0.531. The van der Waals surface area contributed by atoms with Crippen LogP contribution in [0.1, 0.15) is 90.0 Å². The molecule has 1 atom stereocenters. The van der Waals surface area contributed by atoms with Gasteiger partial charge in [0.2, 0.25) is 0 Å². The number of carbonyl (C=O) groups is 2. The van der Waals surface area contributed by atoms with Gasteiger partial charge in [0.25, 0.3) is 5.69 Å². The number of hydrogen-bond donors (Lipinski definition) is 0. The average molecular weight is 452 g/mol. The molecule has 6 nitrogen and oxygen atoms in total. The van der Waals surface area contributed by atoms with E-state index in [0.717, 1.165) is 48.8 Å². The maximum absolute atomic E-state index is 13.5. The summed E-state index contributed by atoms with van der Waals surface area (Å²) in [5.41, 5.74) is 3.86. The fourth-order valence-corrected chi connectivity index (χ4v) is 5.78. The number of esters is 1. The van der Waals surface area contributed by atoms with Crippen molar-refractivity contribution in [3.05, 3.63) is 62.2 Å². The zero-order chi connectivity index (χ0) is 23.8. The van der Waals surface area contributed by atoms with Crippen LogP contribution < -0.4 is 0 Å². The summed E-state index contributed by atoms with van der Waals surface area (Å²) in [4.78, 5) is 37.6. The van der Waals surface area contributed by atoms with E-state index in [1.165, 1.54) is 25.0 Å². The molecule has 3 aliphatic rings. The minimum Gasteiger partial charge on any atom is -0.459 e. The summed E-state index contributed by atoms with van der Waals surface area (Å²) < 4.78 is 6.01. The Morgan fingerprint density at radius 3 is 2.30 bits per heavy atom. The second kappa shape index (κ2) is 9.24. The van der Waals surface area contributed by atoms with Crippen LogP contribution in [-0.4, -0.2) is 22.8 Å². The zero-order valence-corrected chi connectivity index (χ0v) is 19.8. The molecule has 3 aliphatic carbocycles. The number of benzene rings is 1. The minimum absolute atomic E-state index is 0.0110. The lowest BCUT2D eigenvalue weighted by Gasteiger charge is -2.39. The van der Waals surface area contributed by atoms with Crippen LogP contribution >= 0.6 is 0 Å². The molecule has 0 saturated heterocycles. The number of nitro benzene ring substituents is 1. The average Bonchev–Trinajstić information content (AvgIpc) is 3.00. The summed E-state index contributed by atoms with van der Waals surface area (Å²) in [6, 6.07) is 6.26. The van der Waals surface area contributed by atoms with Crippen LogP contribution in [-0.2, 0) is 14.3 Å². The first kappa shape index (κ1) is 23.4. The third kappa shape index (κ3) is 4.94. The quantitative estimate of drug-likeness (QED) is 0.230. The number of nitrogens with zero attached hydrogens (tertiary/aromatic N) is 1. The van der Waals surface area contributed by atoms with Gasteiger partial charge in [0.15, 0.2) is 5.78 Å². The molecule has 0 bridgehead atoms. The topological polar surface area (TPSA) is 86.5 Å². The normalized spacial score (nSPS) is 23.7. The van der Waals surface area contributed by atoms with E-state index in [4.69, 9.17) is 4.74 Å². The fourth-order valence-electron chi connectivity index (χ4n) is 5.78. The summed E-state index contributed by atoms with van der Waals surface area (Å²) in [7, 11) is 0. The molecule has 33 heavy (non-hydrogen) atoms. The molecule has 1 fully saturated rings. The van der Waals surface area contributed by atoms with Crippen LogP contribution in [0, 0.1) is 15.5 Å². The Labute approximate surface area is 195 Å². The highest BCUT2D eigenvalue weighted by molar-refractivity contribution is 6.04. The van der Waals surface area contributed by atoms with Gasteiger partial charge >= 0.3 is 5.97 Å². The molecule has 6 heteroatoms. The SMILES string of the molecule is CC1=C(C(=O)OC2CCCCCC2)C(c2ccc([N+](=O)[O-])cc2)C2=C(C1)CC(C)(C)CC2=O. The molecule has 0 spiro atoms. The van der Waals surface area contributed by atoms with Crippen LogP contribution in [0.3, 0.4) is 0 Å². The predicted molar refractivity (Wildman–Crippen MR) is 126 cm³/mol. The molecule has 0 aromatic heterocycles. The fraction of sp³-hybridized carbons (Fsp3) is 0.556. The Morgan fingerprint density at radius 2 is 1.70 bits per heavy atom. The van der Waals surface area contributed by atoms with Gasteiger partial charge in [-0.25, -0.2) is 4.79 Å². The maximum Gasteiger partial charge on any atom is 0.335 e. The van der Waals surface area contributed by atoms with Gasteiger partial charge in [0.05, 0.1) is 4.92 Å². The molecule has 0 aliphatic heterocycles. The number of non-ortho nitro benzene ring substituents is 1. The van der Waals surface area contributed by atoms with Gasteiger partial charge in [-0.3, -0.25) is 14.9 Å². The van der Waals surface area contributed by atoms with Gasteiger partial charge in [-0.15, -0.1) is 0 Å². The first-order chi connectivity index (χ1) is 15.7. The second-order valence-corrected chi connectivity index (χ2v) is 10.6. The highest BCUT2D eigenvalue weighted by Gasteiger charge is 2.43. The number of rotatable bonds is 4. The number of hydrogen-bond acceptors (Lipinski definition) is 5. The molecule has 1 aromatic carbocycles. The van der Waals surface area contributed by atoms with E-state index >= 15 is 0 Å². The monoisotopic (exact) mass is 451 g/mol. The van der Waals surface area contributed by atoms with Crippen molar-refractivity contribution in [3.8, 4) is 0 Å². The number of ketones is 1. The number of carbonyl (C=O) groups excluding carboxylic acids is 2. The molecule has 0 amide bonds. The second-order valence-electron chi connectivity index (χ2n) is 10.6. The van der Waals surface area contributed by atoms with Gasteiger partial charge in [-0.05, 0) is 56.4 Å². The Bertz CT molecular complexity index is 1020. The van der Waals surface area contributed by atoms with Crippen molar-refractivity contribution < 1.29 is 19.2 Å². The lowest BCUT2D eigenvalue weighted by molar-refractivity contribution is -0.384. The highest BCUT2D eigenvalue weighted by Crippen LogP contribution is 2.50. The number of allylic oxidation sites excluding steroid dienone is 3. The number of nitro groups is 1. The van der Waals surface area contributed by atoms with Crippen LogP contribution in [0.2, 0.25) is 0 Å². The van der Waals surface area contributed by atoms with Crippen molar-refractivity contribution in [2.45, 2.75) is 90.6 Å². The smallest absolute Gasteiger partial charge is 0.335 e. The molecule has 0 N–H and O–H groups in total. The molecule has 176 valence electrons. The first-order valence-electron chi connectivity index (χ1n) is 12.1. The van der Waals surface area contributed by atoms with E-state index < -0.39 is 10.8 Å². The zero-order valence-electron chi connectivity index (χ0n) is 19.8. The van der Waals surface area contributed by atoms with Crippen LogP contribution in [0.4, 0.5) is 5.69 Å². The summed E-state index contributed by atoms with van der Waals surface area (Å²) in [5.74, 6) is -0.805. The van der Waals surface area contributed by atoms with Gasteiger partial charge in [0.1, 0.15) is 6.10 Å². The molecule has 0 heterocycles. The predicted octanol–water partition coefficient (Wildman–Crippen LogP) is 6.35. The third-order valence-electron chi connectivity index (χ3n) is 7.26. The van der Waals surface area contributed by atoms with E-state index in [2.05, 4.69) is 13.8 Å². The highest BCUT2D eigenvalue weighted by atomic mass is 16.6. The first-order valence-corrected chi connectivity index (χ1v) is 12.1. The number of Topliss-reactive ketones (excluding diaryl/α,β-unsaturated/α-hetero) is 1. The summed E-state index contributed by atoms with van der Waals surface area (Å²) in [6.07, 6.45) is 7.96. The molecule has 1 unspecified atom stereocenters. The van der Waals surface area contributed by atoms with E-state index in [1.54, 1.807) is 12.1 Å². The van der Waals surface area contributed by atoms with Crippen molar-refractivity contribution in [2.24, 2.45) is 5.41 Å². The van der Waals surface area contributed by atoms with Crippen LogP contribution in [0.25, 0.3) is 0 Å². The van der Waals surface area contributed by atoms with Crippen molar-refractivity contribution in [1.82, 2.24) is 0 Å². The Kier molecular flexibility index (Phi) is 6.55. The Hall–Kier alpha value is -2.76. The maximum atomic E-state index is 13.5. The molecular formula is C27H33NO5. The van der Waals surface area contributed by atoms with Crippen molar-refractivity contribution >= 4 is 17.4 Å². The molecular weight excluding hydrogens is 418 g/mol. The standard InChI is InChI=1S/C27H33NO5/c1-17-14-19-15-27(2,3)16-22(29)24(19)25(18-10-12-20(13-11-18)28(31)32)23(17)26(30)33-21-8-6-4-5-7-9-21/h10-13,21,25H,4-9,14-16H2,1-3H3. The van der Waals surface area contributed by atoms with E-state index in [9.17, 15) is 19.7 Å². The van der Waals surface area contributed by atoms with Crippen LogP contribution in [0.15, 0.2) is 46.6 Å². The molecule has 4 rings (SSSR count). The van der Waals surface area contributed by atoms with Gasteiger partial charge < -0.3 is 4.74 Å². The van der Waals surface area contributed by atoms with Crippen LogP contribution in [0.5, 0.6) is 0 Å².